The molecule has 0 heterocycles. The van der Waals surface area contributed by atoms with Gasteiger partial charge in [0.2, 0.25) is 0 Å². The molecule has 0 aliphatic carbocycles. The highest BCUT2D eigenvalue weighted by molar-refractivity contribution is 5.67. The minimum atomic E-state index is -0.224. The summed E-state index contributed by atoms with van der Waals surface area (Å²) in [7, 11) is 0. The van der Waals surface area contributed by atoms with Gasteiger partial charge in [0.1, 0.15) is 5.82 Å². The lowest BCUT2D eigenvalue weighted by Gasteiger charge is -2.09. The van der Waals surface area contributed by atoms with Crippen molar-refractivity contribution in [3.63, 3.8) is 0 Å². The number of rotatable bonds is 4. The van der Waals surface area contributed by atoms with Crippen LogP contribution in [0, 0.1) is 5.82 Å². The smallest absolute Gasteiger partial charge is 0.123 e. The van der Waals surface area contributed by atoms with E-state index in [2.05, 4.69) is 11.9 Å². The first-order valence-corrected chi connectivity index (χ1v) is 5.48. The number of hydrogen-bond donors (Lipinski definition) is 1. The van der Waals surface area contributed by atoms with Gasteiger partial charge in [0.25, 0.3) is 0 Å². The summed E-state index contributed by atoms with van der Waals surface area (Å²) < 4.78 is 12.8. The Kier molecular flexibility index (Phi) is 3.55. The third kappa shape index (κ3) is 3.18. The van der Waals surface area contributed by atoms with Crippen molar-refractivity contribution in [3.05, 3.63) is 72.6 Å². The van der Waals surface area contributed by atoms with Crippen LogP contribution in [-0.4, -0.2) is 6.54 Å². The Balaban J connectivity index is 1.96. The highest BCUT2D eigenvalue weighted by atomic mass is 19.1. The van der Waals surface area contributed by atoms with Gasteiger partial charge in [-0.2, -0.15) is 0 Å². The van der Waals surface area contributed by atoms with E-state index in [0.29, 0.717) is 6.54 Å². The number of para-hydroxylation sites is 1. The molecule has 0 radical (unpaired) electrons. The van der Waals surface area contributed by atoms with Crippen molar-refractivity contribution >= 4 is 11.3 Å². The third-order valence-corrected chi connectivity index (χ3v) is 2.53. The number of nitrogens with one attached hydrogen (secondary N) is 1. The molecule has 2 aromatic rings. The fourth-order valence-electron chi connectivity index (χ4n) is 1.55. The summed E-state index contributed by atoms with van der Waals surface area (Å²) in [5, 5.41) is 3.26. The maximum absolute atomic E-state index is 12.8. The lowest BCUT2D eigenvalue weighted by atomic mass is 10.1. The topological polar surface area (TPSA) is 12.0 Å². The molecule has 2 aromatic carbocycles. The molecule has 0 spiro atoms. The average molecular weight is 227 g/mol. The van der Waals surface area contributed by atoms with Gasteiger partial charge in [-0.25, -0.2) is 4.39 Å². The van der Waals surface area contributed by atoms with E-state index in [1.165, 1.54) is 12.1 Å². The zero-order chi connectivity index (χ0) is 12.1. The van der Waals surface area contributed by atoms with E-state index in [1.54, 1.807) is 12.1 Å². The van der Waals surface area contributed by atoms with Gasteiger partial charge in [-0.3, -0.25) is 0 Å². The monoisotopic (exact) mass is 227 g/mol. The van der Waals surface area contributed by atoms with Crippen LogP contribution in [0.2, 0.25) is 0 Å². The molecule has 86 valence electrons. The van der Waals surface area contributed by atoms with Gasteiger partial charge >= 0.3 is 0 Å². The van der Waals surface area contributed by atoms with Crippen LogP contribution in [0.15, 0.2) is 61.2 Å². The molecular formula is C15H14FN. The summed E-state index contributed by atoms with van der Waals surface area (Å²) in [6.07, 6.45) is 0. The predicted molar refractivity (Wildman–Crippen MR) is 70.4 cm³/mol. The second-order valence-corrected chi connectivity index (χ2v) is 3.83. The molecule has 0 bridgehead atoms. The van der Waals surface area contributed by atoms with Crippen LogP contribution in [0.1, 0.15) is 5.56 Å². The number of hydrogen-bond acceptors (Lipinski definition) is 1. The predicted octanol–water partition coefficient (Wildman–Crippen LogP) is 3.95. The lowest BCUT2D eigenvalue weighted by Crippen LogP contribution is -2.03. The summed E-state index contributed by atoms with van der Waals surface area (Å²) in [4.78, 5) is 0. The molecule has 0 fully saturated rings. The molecule has 17 heavy (non-hydrogen) atoms. The van der Waals surface area contributed by atoms with Gasteiger partial charge in [0.15, 0.2) is 0 Å². The molecule has 1 N–H and O–H groups in total. The van der Waals surface area contributed by atoms with E-state index in [-0.39, 0.29) is 5.82 Å². The Hall–Kier alpha value is -2.09. The van der Waals surface area contributed by atoms with Crippen molar-refractivity contribution < 1.29 is 4.39 Å². The highest BCUT2D eigenvalue weighted by Crippen LogP contribution is 2.14. The summed E-state index contributed by atoms with van der Waals surface area (Å²) in [5.74, 6) is -0.224. The molecule has 0 saturated heterocycles. The fourth-order valence-corrected chi connectivity index (χ4v) is 1.55. The second-order valence-electron chi connectivity index (χ2n) is 3.83. The summed E-state index contributed by atoms with van der Waals surface area (Å²) in [6.45, 7) is 4.63. The van der Waals surface area contributed by atoms with Crippen LogP contribution < -0.4 is 5.32 Å². The van der Waals surface area contributed by atoms with Crippen LogP contribution in [0.5, 0.6) is 0 Å². The molecule has 2 heteroatoms. The SMILES string of the molecule is C=C(CNc1ccccc1)c1ccc(F)cc1. The first kappa shape index (κ1) is 11.4. The maximum Gasteiger partial charge on any atom is 0.123 e. The quantitative estimate of drug-likeness (QED) is 0.833. The van der Waals surface area contributed by atoms with Crippen molar-refractivity contribution in [2.24, 2.45) is 0 Å². The van der Waals surface area contributed by atoms with Crippen LogP contribution in [0.25, 0.3) is 5.57 Å². The first-order chi connectivity index (χ1) is 8.25. The normalized spacial score (nSPS) is 9.94. The second kappa shape index (κ2) is 5.30. The molecule has 0 unspecified atom stereocenters. The largest absolute Gasteiger partial charge is 0.381 e. The average Bonchev–Trinajstić information content (AvgIpc) is 2.38. The Bertz CT molecular complexity index is 488. The van der Waals surface area contributed by atoms with E-state index < -0.39 is 0 Å². The zero-order valence-corrected chi connectivity index (χ0v) is 9.49. The molecule has 0 atom stereocenters. The molecule has 0 aliphatic heterocycles. The van der Waals surface area contributed by atoms with Crippen molar-refractivity contribution in [2.45, 2.75) is 0 Å². The third-order valence-electron chi connectivity index (χ3n) is 2.53. The standard InChI is InChI=1S/C15H14FN/c1-12(13-7-9-14(16)10-8-13)11-17-15-5-3-2-4-6-15/h2-10,17H,1,11H2. The molecule has 1 nitrogen and oxygen atoms in total. The zero-order valence-electron chi connectivity index (χ0n) is 9.49. The first-order valence-electron chi connectivity index (χ1n) is 5.48. The Morgan fingerprint density at radius 3 is 2.29 bits per heavy atom. The van der Waals surface area contributed by atoms with Gasteiger partial charge in [-0.15, -0.1) is 0 Å². The van der Waals surface area contributed by atoms with E-state index in [4.69, 9.17) is 0 Å². The van der Waals surface area contributed by atoms with Gasteiger partial charge < -0.3 is 5.32 Å². The minimum Gasteiger partial charge on any atom is -0.381 e. The molecule has 0 saturated carbocycles. The Morgan fingerprint density at radius 2 is 1.65 bits per heavy atom. The van der Waals surface area contributed by atoms with Crippen molar-refractivity contribution in [2.75, 3.05) is 11.9 Å². The van der Waals surface area contributed by atoms with E-state index in [9.17, 15) is 4.39 Å². The molecule has 0 aliphatic rings. The highest BCUT2D eigenvalue weighted by Gasteiger charge is 1.99. The van der Waals surface area contributed by atoms with Crippen LogP contribution in [-0.2, 0) is 0 Å². The Labute approximate surface area is 101 Å². The Morgan fingerprint density at radius 1 is 1.00 bits per heavy atom. The number of halogens is 1. The molecular weight excluding hydrogens is 213 g/mol. The summed E-state index contributed by atoms with van der Waals surface area (Å²) in [6, 6.07) is 16.3. The van der Waals surface area contributed by atoms with Crippen molar-refractivity contribution in [3.8, 4) is 0 Å². The minimum absolute atomic E-state index is 0.224. The summed E-state index contributed by atoms with van der Waals surface area (Å²) in [5.41, 5.74) is 2.94. The van der Waals surface area contributed by atoms with Crippen molar-refractivity contribution in [1.29, 1.82) is 0 Å². The molecule has 2 rings (SSSR count). The number of benzene rings is 2. The number of anilines is 1. The van der Waals surface area contributed by atoms with Crippen LogP contribution in [0.4, 0.5) is 10.1 Å². The van der Waals surface area contributed by atoms with E-state index >= 15 is 0 Å². The molecule has 0 amide bonds. The van der Waals surface area contributed by atoms with Gasteiger partial charge in [-0.1, -0.05) is 36.9 Å². The van der Waals surface area contributed by atoms with Crippen LogP contribution in [0.3, 0.4) is 0 Å². The molecule has 0 aromatic heterocycles. The van der Waals surface area contributed by atoms with Crippen molar-refractivity contribution in [1.82, 2.24) is 0 Å². The van der Waals surface area contributed by atoms with E-state index in [1.807, 2.05) is 30.3 Å². The lowest BCUT2D eigenvalue weighted by molar-refractivity contribution is 0.627. The summed E-state index contributed by atoms with van der Waals surface area (Å²) >= 11 is 0. The van der Waals surface area contributed by atoms with Gasteiger partial charge in [0, 0.05) is 12.2 Å². The van der Waals surface area contributed by atoms with Crippen LogP contribution >= 0.6 is 0 Å². The fraction of sp³-hybridized carbons (Fsp3) is 0.0667. The van der Waals surface area contributed by atoms with E-state index in [0.717, 1.165) is 16.8 Å². The van der Waals surface area contributed by atoms with Gasteiger partial charge in [-0.05, 0) is 35.4 Å². The maximum atomic E-state index is 12.8. The van der Waals surface area contributed by atoms with Gasteiger partial charge in [0.05, 0.1) is 0 Å².